The molecule has 1 amide bonds. The van der Waals surface area contributed by atoms with Crippen LogP contribution in [0.2, 0.25) is 0 Å². The zero-order chi connectivity index (χ0) is 11.7. The van der Waals surface area contributed by atoms with Crippen molar-refractivity contribution in [1.82, 2.24) is 15.1 Å². The van der Waals surface area contributed by atoms with Crippen LogP contribution in [0.5, 0.6) is 0 Å². The van der Waals surface area contributed by atoms with Crippen LogP contribution in [0.3, 0.4) is 0 Å². The van der Waals surface area contributed by atoms with Gasteiger partial charge in [0.1, 0.15) is 0 Å². The molecule has 0 aliphatic carbocycles. The van der Waals surface area contributed by atoms with E-state index in [0.29, 0.717) is 6.54 Å². The lowest BCUT2D eigenvalue weighted by Crippen LogP contribution is -2.28. The Balaban J connectivity index is 2.03. The van der Waals surface area contributed by atoms with Crippen molar-refractivity contribution in [3.63, 3.8) is 0 Å². The lowest BCUT2D eigenvalue weighted by Gasteiger charge is -2.22. The third-order valence-electron chi connectivity index (χ3n) is 3.16. The highest BCUT2D eigenvalue weighted by atomic mass is 16.1. The van der Waals surface area contributed by atoms with Crippen LogP contribution < -0.4 is 0 Å². The summed E-state index contributed by atoms with van der Waals surface area (Å²) < 4.78 is 0. The number of benzene rings is 1. The van der Waals surface area contributed by atoms with Crippen LogP contribution >= 0.6 is 0 Å². The van der Waals surface area contributed by atoms with E-state index in [-0.39, 0.29) is 0 Å². The number of nitrogens with one attached hydrogen (secondary N) is 1. The van der Waals surface area contributed by atoms with Gasteiger partial charge < -0.3 is 4.90 Å². The summed E-state index contributed by atoms with van der Waals surface area (Å²) in [5.74, 6) is 0. The molecule has 4 nitrogen and oxygen atoms in total. The van der Waals surface area contributed by atoms with Gasteiger partial charge in [0.15, 0.2) is 0 Å². The molecule has 0 fully saturated rings. The highest BCUT2D eigenvalue weighted by Gasteiger charge is 2.21. The van der Waals surface area contributed by atoms with Crippen molar-refractivity contribution in [2.45, 2.75) is 13.0 Å². The number of fused-ring (bicyclic) bond motifs is 1. The normalized spacial score (nSPS) is 14.5. The van der Waals surface area contributed by atoms with E-state index in [4.69, 9.17) is 0 Å². The van der Waals surface area contributed by atoms with E-state index < -0.39 is 0 Å². The van der Waals surface area contributed by atoms with E-state index >= 15 is 0 Å². The topological polar surface area (TPSA) is 49.0 Å². The molecule has 0 spiro atoms. The number of carbonyl (C=O) groups excluding carboxylic acids is 1. The minimum atomic E-state index is 0.652. The number of nitrogens with zero attached hydrogens (tertiary/aromatic N) is 2. The number of hydrogen-bond acceptors (Lipinski definition) is 2. The number of aromatic amines is 1. The summed E-state index contributed by atoms with van der Waals surface area (Å²) in [6.45, 7) is 1.42. The quantitative estimate of drug-likeness (QED) is 0.792. The third-order valence-corrected chi connectivity index (χ3v) is 3.16. The lowest BCUT2D eigenvalue weighted by atomic mass is 10.0. The molecule has 86 valence electrons. The van der Waals surface area contributed by atoms with Gasteiger partial charge in [-0.15, -0.1) is 0 Å². The summed E-state index contributed by atoms with van der Waals surface area (Å²) in [5, 5.41) is 7.45. The van der Waals surface area contributed by atoms with Crippen LogP contribution in [0.4, 0.5) is 0 Å². The molecule has 1 aromatic heterocycles. The first-order valence-electron chi connectivity index (χ1n) is 5.69. The second-order valence-corrected chi connectivity index (χ2v) is 4.22. The average molecular weight is 227 g/mol. The van der Waals surface area contributed by atoms with Gasteiger partial charge in [0.05, 0.1) is 5.69 Å². The summed E-state index contributed by atoms with van der Waals surface area (Å²) in [5.41, 5.74) is 4.36. The number of H-pyrrole nitrogens is 1. The highest BCUT2D eigenvalue weighted by Crippen LogP contribution is 2.27. The van der Waals surface area contributed by atoms with Crippen molar-refractivity contribution in [3.8, 4) is 11.3 Å². The molecule has 2 aromatic rings. The fourth-order valence-corrected chi connectivity index (χ4v) is 2.24. The maximum Gasteiger partial charge on any atom is 0.210 e. The minimum Gasteiger partial charge on any atom is -0.340 e. The molecule has 1 aliphatic heterocycles. The highest BCUT2D eigenvalue weighted by molar-refractivity contribution is 5.65. The second kappa shape index (κ2) is 4.05. The van der Waals surface area contributed by atoms with Gasteiger partial charge in [0.2, 0.25) is 6.41 Å². The van der Waals surface area contributed by atoms with Gasteiger partial charge in [-0.2, -0.15) is 5.10 Å². The van der Waals surface area contributed by atoms with E-state index in [1.807, 2.05) is 30.3 Å². The van der Waals surface area contributed by atoms with Crippen molar-refractivity contribution in [2.24, 2.45) is 0 Å². The lowest BCUT2D eigenvalue weighted by molar-refractivity contribution is -0.118. The number of rotatable bonds is 2. The summed E-state index contributed by atoms with van der Waals surface area (Å²) in [6, 6.07) is 10.1. The first kappa shape index (κ1) is 10.1. The van der Waals surface area contributed by atoms with Crippen molar-refractivity contribution in [3.05, 3.63) is 41.6 Å². The van der Waals surface area contributed by atoms with Crippen LogP contribution in [-0.4, -0.2) is 28.1 Å². The molecule has 1 N–H and O–H groups in total. The number of aromatic nitrogens is 2. The van der Waals surface area contributed by atoms with E-state index in [2.05, 4.69) is 10.2 Å². The van der Waals surface area contributed by atoms with Crippen LogP contribution in [0.1, 0.15) is 11.3 Å². The standard InChI is InChI=1S/C13H13N3O/c17-9-16-7-6-12-11(8-16)13(15-14-12)10-4-2-1-3-5-10/h1-5,9H,6-8H2,(H,14,15). The molecule has 0 atom stereocenters. The van der Waals surface area contributed by atoms with Gasteiger partial charge in [0.25, 0.3) is 0 Å². The number of carbonyl (C=O) groups is 1. The van der Waals surface area contributed by atoms with Crippen molar-refractivity contribution >= 4 is 6.41 Å². The first-order chi connectivity index (χ1) is 8.38. The fourth-order valence-electron chi connectivity index (χ4n) is 2.24. The Morgan fingerprint density at radius 1 is 1.29 bits per heavy atom. The molecule has 3 rings (SSSR count). The molecular formula is C13H13N3O. The Morgan fingerprint density at radius 3 is 2.88 bits per heavy atom. The summed E-state index contributed by atoms with van der Waals surface area (Å²) in [7, 11) is 0. The Bertz CT molecular complexity index is 533. The summed E-state index contributed by atoms with van der Waals surface area (Å²) in [4.78, 5) is 12.6. The van der Waals surface area contributed by atoms with E-state index in [9.17, 15) is 4.79 Å². The first-order valence-corrected chi connectivity index (χ1v) is 5.69. The van der Waals surface area contributed by atoms with Gasteiger partial charge >= 0.3 is 0 Å². The Kier molecular flexibility index (Phi) is 2.40. The van der Waals surface area contributed by atoms with Crippen LogP contribution in [0.25, 0.3) is 11.3 Å². The van der Waals surface area contributed by atoms with E-state index in [1.165, 1.54) is 0 Å². The zero-order valence-electron chi connectivity index (χ0n) is 9.39. The predicted molar refractivity (Wildman–Crippen MR) is 64.2 cm³/mol. The minimum absolute atomic E-state index is 0.652. The third kappa shape index (κ3) is 1.71. The Morgan fingerprint density at radius 2 is 2.12 bits per heavy atom. The predicted octanol–water partition coefficient (Wildman–Crippen LogP) is 1.59. The molecule has 17 heavy (non-hydrogen) atoms. The van der Waals surface area contributed by atoms with Gasteiger partial charge in [-0.25, -0.2) is 0 Å². The van der Waals surface area contributed by atoms with E-state index in [1.54, 1.807) is 4.90 Å². The molecule has 1 aliphatic rings. The van der Waals surface area contributed by atoms with Gasteiger partial charge in [0, 0.05) is 36.3 Å². The summed E-state index contributed by atoms with van der Waals surface area (Å²) >= 11 is 0. The van der Waals surface area contributed by atoms with Gasteiger partial charge in [-0.1, -0.05) is 30.3 Å². The van der Waals surface area contributed by atoms with Gasteiger partial charge in [-0.3, -0.25) is 9.89 Å². The summed E-state index contributed by atoms with van der Waals surface area (Å²) in [6.07, 6.45) is 1.76. The van der Waals surface area contributed by atoms with Crippen molar-refractivity contribution in [2.75, 3.05) is 6.54 Å². The molecule has 0 saturated heterocycles. The second-order valence-electron chi connectivity index (χ2n) is 4.22. The van der Waals surface area contributed by atoms with Crippen LogP contribution in [0.15, 0.2) is 30.3 Å². The number of amides is 1. The molecular weight excluding hydrogens is 214 g/mol. The Hall–Kier alpha value is -2.10. The molecule has 0 bridgehead atoms. The Labute approximate surface area is 99.3 Å². The molecule has 2 heterocycles. The maximum absolute atomic E-state index is 10.8. The smallest absolute Gasteiger partial charge is 0.210 e. The van der Waals surface area contributed by atoms with Crippen molar-refractivity contribution < 1.29 is 4.79 Å². The largest absolute Gasteiger partial charge is 0.340 e. The molecule has 0 unspecified atom stereocenters. The molecule has 4 heteroatoms. The monoisotopic (exact) mass is 227 g/mol. The average Bonchev–Trinajstić information content (AvgIpc) is 2.82. The van der Waals surface area contributed by atoms with Gasteiger partial charge in [-0.05, 0) is 0 Å². The molecule has 1 aromatic carbocycles. The maximum atomic E-state index is 10.8. The SMILES string of the molecule is O=CN1CCc2[nH]nc(-c3ccccc3)c2C1. The molecule has 0 radical (unpaired) electrons. The van der Waals surface area contributed by atoms with Crippen LogP contribution in [0, 0.1) is 0 Å². The van der Waals surface area contributed by atoms with Crippen molar-refractivity contribution in [1.29, 1.82) is 0 Å². The molecule has 0 saturated carbocycles. The zero-order valence-corrected chi connectivity index (χ0v) is 9.39. The van der Waals surface area contributed by atoms with Crippen LogP contribution in [-0.2, 0) is 17.8 Å². The number of hydrogen-bond donors (Lipinski definition) is 1. The fraction of sp³-hybridized carbons (Fsp3) is 0.231. The van der Waals surface area contributed by atoms with E-state index in [0.717, 1.165) is 41.9 Å².